The van der Waals surface area contributed by atoms with E-state index in [4.69, 9.17) is 5.73 Å². The van der Waals surface area contributed by atoms with Crippen molar-refractivity contribution in [1.82, 2.24) is 15.0 Å². The summed E-state index contributed by atoms with van der Waals surface area (Å²) in [4.78, 5) is 14.6. The predicted molar refractivity (Wildman–Crippen MR) is 66.1 cm³/mol. The Bertz CT molecular complexity index is 546. The number of aromatic nitrogens is 3. The molecule has 5 heteroatoms. The van der Waals surface area contributed by atoms with Crippen molar-refractivity contribution >= 4 is 17.6 Å². The van der Waals surface area contributed by atoms with Gasteiger partial charge in [-0.3, -0.25) is 0 Å². The molecule has 0 amide bonds. The zero-order valence-corrected chi connectivity index (χ0v) is 9.59. The largest absolute Gasteiger partial charge is 0.368 e. The molecule has 0 unspecified atom stereocenters. The number of fused-ring (bicyclic) bond motifs is 1. The monoisotopic (exact) mass is 227 g/mol. The average molecular weight is 227 g/mol. The molecule has 5 nitrogen and oxygen atoms in total. The van der Waals surface area contributed by atoms with Crippen molar-refractivity contribution in [1.29, 1.82) is 0 Å². The fourth-order valence-electron chi connectivity index (χ4n) is 2.15. The lowest BCUT2D eigenvalue weighted by Gasteiger charge is -2.17. The van der Waals surface area contributed by atoms with Crippen LogP contribution in [0.1, 0.15) is 11.4 Å². The van der Waals surface area contributed by atoms with Crippen molar-refractivity contribution in [2.45, 2.75) is 13.3 Å². The number of hydrogen-bond donors (Lipinski definition) is 1. The summed E-state index contributed by atoms with van der Waals surface area (Å²) >= 11 is 0. The fourth-order valence-corrected chi connectivity index (χ4v) is 2.15. The maximum absolute atomic E-state index is 5.66. The lowest BCUT2D eigenvalue weighted by Crippen LogP contribution is -2.18. The van der Waals surface area contributed by atoms with E-state index in [1.165, 1.54) is 5.56 Å². The van der Waals surface area contributed by atoms with Crippen LogP contribution in [0.5, 0.6) is 0 Å². The third-order valence-electron chi connectivity index (χ3n) is 2.88. The van der Waals surface area contributed by atoms with Crippen LogP contribution in [-0.2, 0) is 6.42 Å². The molecule has 0 spiro atoms. The first-order valence-electron chi connectivity index (χ1n) is 5.57. The highest BCUT2D eigenvalue weighted by Crippen LogP contribution is 2.32. The van der Waals surface area contributed by atoms with E-state index in [0.717, 1.165) is 18.7 Å². The molecule has 0 aliphatic carbocycles. The smallest absolute Gasteiger partial charge is 0.234 e. The second kappa shape index (κ2) is 3.69. The van der Waals surface area contributed by atoms with Gasteiger partial charge in [0.2, 0.25) is 11.9 Å². The van der Waals surface area contributed by atoms with E-state index >= 15 is 0 Å². The zero-order chi connectivity index (χ0) is 11.8. The van der Waals surface area contributed by atoms with Gasteiger partial charge in [0, 0.05) is 12.2 Å². The van der Waals surface area contributed by atoms with Crippen LogP contribution in [0, 0.1) is 6.92 Å². The van der Waals surface area contributed by atoms with Crippen molar-refractivity contribution in [2.75, 3.05) is 17.2 Å². The highest BCUT2D eigenvalue weighted by molar-refractivity contribution is 5.65. The minimum Gasteiger partial charge on any atom is -0.368 e. The molecule has 2 heterocycles. The fraction of sp³-hybridized carbons (Fsp3) is 0.250. The van der Waals surface area contributed by atoms with Gasteiger partial charge in [0.05, 0.1) is 0 Å². The second-order valence-corrected chi connectivity index (χ2v) is 4.07. The third-order valence-corrected chi connectivity index (χ3v) is 2.88. The van der Waals surface area contributed by atoms with Gasteiger partial charge in [0.25, 0.3) is 0 Å². The van der Waals surface area contributed by atoms with Crippen LogP contribution in [0.4, 0.5) is 17.6 Å². The van der Waals surface area contributed by atoms with Crippen LogP contribution in [0.15, 0.2) is 24.3 Å². The summed E-state index contributed by atoms with van der Waals surface area (Å²) < 4.78 is 0. The van der Waals surface area contributed by atoms with Crippen molar-refractivity contribution in [3.63, 3.8) is 0 Å². The van der Waals surface area contributed by atoms with Gasteiger partial charge >= 0.3 is 0 Å². The number of anilines is 3. The van der Waals surface area contributed by atoms with E-state index in [1.54, 1.807) is 0 Å². The van der Waals surface area contributed by atoms with Gasteiger partial charge in [-0.2, -0.15) is 15.0 Å². The standard InChI is InChI=1S/C12H13N5/c1-8-14-11(13)16-12(15-8)17-7-6-9-4-2-3-5-10(9)17/h2-5H,6-7H2,1H3,(H2,13,14,15,16). The summed E-state index contributed by atoms with van der Waals surface area (Å²) in [5.74, 6) is 1.56. The summed E-state index contributed by atoms with van der Waals surface area (Å²) in [6.45, 7) is 2.71. The number of nitrogens with zero attached hydrogens (tertiary/aromatic N) is 4. The Morgan fingerprint density at radius 1 is 1.18 bits per heavy atom. The molecule has 2 aromatic rings. The number of nitrogen functional groups attached to an aromatic ring is 1. The van der Waals surface area contributed by atoms with Crippen molar-refractivity contribution in [3.8, 4) is 0 Å². The molecule has 0 saturated heterocycles. The number of aryl methyl sites for hydroxylation is 1. The van der Waals surface area contributed by atoms with E-state index in [2.05, 4.69) is 38.1 Å². The third kappa shape index (κ3) is 1.69. The SMILES string of the molecule is Cc1nc(N)nc(N2CCc3ccccc32)n1. The van der Waals surface area contributed by atoms with Crippen molar-refractivity contribution in [3.05, 3.63) is 35.7 Å². The Labute approximate surface area is 99.3 Å². The van der Waals surface area contributed by atoms with Gasteiger partial charge in [-0.05, 0) is 25.0 Å². The van der Waals surface area contributed by atoms with Gasteiger partial charge < -0.3 is 10.6 Å². The average Bonchev–Trinajstić information content (AvgIpc) is 2.71. The number of benzene rings is 1. The molecule has 2 N–H and O–H groups in total. The van der Waals surface area contributed by atoms with E-state index in [0.29, 0.717) is 11.8 Å². The number of rotatable bonds is 1. The summed E-state index contributed by atoms with van der Waals surface area (Å²) in [5, 5.41) is 0. The van der Waals surface area contributed by atoms with E-state index in [9.17, 15) is 0 Å². The first-order valence-corrected chi connectivity index (χ1v) is 5.57. The van der Waals surface area contributed by atoms with Gasteiger partial charge in [-0.1, -0.05) is 18.2 Å². The van der Waals surface area contributed by atoms with Gasteiger partial charge in [-0.25, -0.2) is 0 Å². The Hall–Kier alpha value is -2.17. The number of para-hydroxylation sites is 1. The molecule has 0 atom stereocenters. The first kappa shape index (κ1) is 10.0. The normalized spacial score (nSPS) is 13.8. The van der Waals surface area contributed by atoms with E-state index < -0.39 is 0 Å². The maximum Gasteiger partial charge on any atom is 0.234 e. The zero-order valence-electron chi connectivity index (χ0n) is 9.59. The van der Waals surface area contributed by atoms with E-state index in [-0.39, 0.29) is 5.95 Å². The van der Waals surface area contributed by atoms with Crippen molar-refractivity contribution in [2.24, 2.45) is 0 Å². The van der Waals surface area contributed by atoms with Crippen LogP contribution < -0.4 is 10.6 Å². The number of nitrogens with two attached hydrogens (primary N) is 1. The molecule has 0 bridgehead atoms. The first-order chi connectivity index (χ1) is 8.24. The maximum atomic E-state index is 5.66. The minimum atomic E-state index is 0.275. The quantitative estimate of drug-likeness (QED) is 0.798. The molecule has 1 aromatic carbocycles. The van der Waals surface area contributed by atoms with Crippen LogP contribution in [0.3, 0.4) is 0 Å². The van der Waals surface area contributed by atoms with Crippen LogP contribution in [0.25, 0.3) is 0 Å². The van der Waals surface area contributed by atoms with Crippen LogP contribution in [-0.4, -0.2) is 21.5 Å². The van der Waals surface area contributed by atoms with Gasteiger partial charge in [-0.15, -0.1) is 0 Å². The Kier molecular flexibility index (Phi) is 2.18. The molecule has 0 fully saturated rings. The molecule has 1 aliphatic rings. The molecule has 17 heavy (non-hydrogen) atoms. The molecule has 1 aromatic heterocycles. The Morgan fingerprint density at radius 2 is 2.00 bits per heavy atom. The topological polar surface area (TPSA) is 67.9 Å². The minimum absolute atomic E-state index is 0.275. The molecule has 0 radical (unpaired) electrons. The predicted octanol–water partition coefficient (Wildman–Crippen LogP) is 1.46. The lowest BCUT2D eigenvalue weighted by molar-refractivity contribution is 0.900. The summed E-state index contributed by atoms with van der Waals surface area (Å²) in [6.07, 6.45) is 1.01. The lowest BCUT2D eigenvalue weighted by atomic mass is 10.2. The molecular formula is C12H13N5. The molecule has 3 rings (SSSR count). The van der Waals surface area contributed by atoms with E-state index in [1.807, 2.05) is 13.0 Å². The highest BCUT2D eigenvalue weighted by Gasteiger charge is 2.22. The van der Waals surface area contributed by atoms with Crippen molar-refractivity contribution < 1.29 is 0 Å². The second-order valence-electron chi connectivity index (χ2n) is 4.07. The summed E-state index contributed by atoms with van der Waals surface area (Å²) in [7, 11) is 0. The van der Waals surface area contributed by atoms with Gasteiger partial charge in [0.1, 0.15) is 5.82 Å². The highest BCUT2D eigenvalue weighted by atomic mass is 15.3. The summed E-state index contributed by atoms with van der Waals surface area (Å²) in [6, 6.07) is 8.29. The molecule has 1 aliphatic heterocycles. The van der Waals surface area contributed by atoms with Crippen LogP contribution in [0.2, 0.25) is 0 Å². The molecule has 0 saturated carbocycles. The molecule has 86 valence electrons. The van der Waals surface area contributed by atoms with Gasteiger partial charge in [0.15, 0.2) is 0 Å². The van der Waals surface area contributed by atoms with Crippen LogP contribution >= 0.6 is 0 Å². The number of hydrogen-bond acceptors (Lipinski definition) is 5. The Morgan fingerprint density at radius 3 is 2.82 bits per heavy atom. The Balaban J connectivity index is 2.06. The summed E-state index contributed by atoms with van der Waals surface area (Å²) in [5.41, 5.74) is 8.15. The molecular weight excluding hydrogens is 214 g/mol.